The van der Waals surface area contributed by atoms with E-state index in [0.717, 1.165) is 30.6 Å². The van der Waals surface area contributed by atoms with Crippen LogP contribution in [0.3, 0.4) is 0 Å². The summed E-state index contributed by atoms with van der Waals surface area (Å²) in [5, 5.41) is 101. The highest BCUT2D eigenvalue weighted by molar-refractivity contribution is 7.80. The average molecular weight is 1300 g/mol. The number of rotatable bonds is 35. The first kappa shape index (κ1) is 76.7. The number of aliphatic hydroxyl groups is 6. The Kier molecular flexibility index (Phi) is 31.5. The van der Waals surface area contributed by atoms with Crippen LogP contribution in [0, 0.1) is 11.3 Å². The van der Waals surface area contributed by atoms with Crippen LogP contribution < -0.4 is 64.6 Å². The number of nitrogens with zero attached hydrogens (tertiary/aromatic N) is 3. The van der Waals surface area contributed by atoms with Crippen LogP contribution in [0.2, 0.25) is 0 Å². The Morgan fingerprint density at radius 1 is 0.533 bits per heavy atom. The molecule has 22 N–H and O–H groups in total. The maximum Gasteiger partial charge on any atom is 0.328 e. The molecular weight excluding hydrogens is 1210 g/mol. The second-order valence-corrected chi connectivity index (χ2v) is 22.7. The molecule has 16 atom stereocenters. The summed E-state index contributed by atoms with van der Waals surface area (Å²) in [4.78, 5) is 178. The van der Waals surface area contributed by atoms with Crippen molar-refractivity contribution in [2.45, 2.75) is 183 Å². The van der Waals surface area contributed by atoms with Gasteiger partial charge in [0.15, 0.2) is 12.0 Å². The van der Waals surface area contributed by atoms with E-state index < -0.39 is 200 Å². The van der Waals surface area contributed by atoms with Gasteiger partial charge < -0.3 is 115 Å². The number of hydrogen-bond acceptors (Lipinski definition) is 22. The first-order valence-corrected chi connectivity index (χ1v) is 30.2. The van der Waals surface area contributed by atoms with Gasteiger partial charge in [0.1, 0.15) is 60.4 Å². The summed E-state index contributed by atoms with van der Waals surface area (Å²) in [6.07, 6.45) is -3.16. The van der Waals surface area contributed by atoms with Crippen LogP contribution in [0.5, 0.6) is 0 Å². The highest BCUT2D eigenvalue weighted by Gasteiger charge is 2.45. The number of carbonyl (C=O) groups excluding carboxylic acids is 12. The summed E-state index contributed by atoms with van der Waals surface area (Å²) in [6.45, 7) is 2.94. The Bertz CT molecular complexity index is 2570. The van der Waals surface area contributed by atoms with E-state index in [0.29, 0.717) is 19.3 Å². The topological polar surface area (TPSA) is 569 Å². The number of nitrogens with one attached hydrogen (secondary N) is 11. The molecule has 0 radical (unpaired) electrons. The lowest BCUT2D eigenvalue weighted by atomic mass is 9.96. The summed E-state index contributed by atoms with van der Waals surface area (Å²) in [5.74, 6) is -14.0. The van der Waals surface area contributed by atoms with E-state index in [9.17, 15) is 98.1 Å². The Hall–Kier alpha value is -7.55. The van der Waals surface area contributed by atoms with E-state index in [1.54, 1.807) is 13.8 Å². The van der Waals surface area contributed by atoms with Crippen LogP contribution in [0.25, 0.3) is 0 Å². The van der Waals surface area contributed by atoms with Crippen molar-refractivity contribution in [3.05, 3.63) is 0 Å². The molecule has 0 bridgehead atoms. The molecule has 3 aliphatic rings. The number of aliphatic carboxylic acids is 1. The Balaban J connectivity index is 1.69. The van der Waals surface area contributed by atoms with Gasteiger partial charge in [-0.15, -0.1) is 0 Å². The van der Waals surface area contributed by atoms with Crippen molar-refractivity contribution in [2.24, 2.45) is 17.4 Å². The minimum Gasteiger partial charge on any atom is -0.480 e. The highest BCUT2D eigenvalue weighted by Crippen LogP contribution is 2.25. The number of aliphatic hydroxyl groups excluding tert-OH is 6. The third-order valence-corrected chi connectivity index (χ3v) is 15.9. The predicted octanol–water partition coefficient (Wildman–Crippen LogP) is -10.3. The third kappa shape index (κ3) is 21.9. The molecule has 0 aromatic heterocycles. The van der Waals surface area contributed by atoms with Crippen LogP contribution >= 0.6 is 12.6 Å². The van der Waals surface area contributed by atoms with Crippen molar-refractivity contribution in [1.82, 2.24) is 67.9 Å². The number of hydrogen-bond donors (Lipinski definition) is 21. The lowest BCUT2D eigenvalue weighted by Gasteiger charge is -2.34. The van der Waals surface area contributed by atoms with E-state index in [1.165, 1.54) is 4.90 Å². The zero-order valence-electron chi connectivity index (χ0n) is 50.8. The number of carbonyl (C=O) groups is 13. The highest BCUT2D eigenvalue weighted by atomic mass is 32.1. The zero-order chi connectivity index (χ0) is 67.9. The minimum atomic E-state index is -1.87. The molecule has 0 unspecified atom stereocenters. The fourth-order valence-electron chi connectivity index (χ4n) is 10.1. The average Bonchev–Trinajstić information content (AvgIpc) is 1.67. The number of likely N-dealkylation sites (tertiary alicyclic amines) is 3. The normalized spacial score (nSPS) is 20.7. The fourth-order valence-corrected chi connectivity index (χ4v) is 10.3. The summed E-state index contributed by atoms with van der Waals surface area (Å²) in [6, 6.07) is -18.0. The molecule has 12 amide bonds. The van der Waals surface area contributed by atoms with E-state index in [4.69, 9.17) is 16.9 Å². The van der Waals surface area contributed by atoms with Crippen molar-refractivity contribution >= 4 is 95.4 Å². The summed E-state index contributed by atoms with van der Waals surface area (Å²) >= 11 is 3.91. The summed E-state index contributed by atoms with van der Waals surface area (Å²) in [5.41, 5.74) is 11.0. The van der Waals surface area contributed by atoms with Crippen molar-refractivity contribution in [3.8, 4) is 0 Å². The number of nitrogens with two attached hydrogens (primary N) is 2. The molecule has 0 saturated carbocycles. The predicted molar refractivity (Wildman–Crippen MR) is 317 cm³/mol. The quantitative estimate of drug-likeness (QED) is 0.0121. The van der Waals surface area contributed by atoms with Gasteiger partial charge in [0.2, 0.25) is 70.9 Å². The number of carboxylic acid groups (broad SMARTS) is 1. The third-order valence-electron chi connectivity index (χ3n) is 15.5. The molecule has 3 saturated heterocycles. The van der Waals surface area contributed by atoms with Crippen molar-refractivity contribution in [2.75, 3.05) is 58.3 Å². The number of guanidine groups is 1. The van der Waals surface area contributed by atoms with Gasteiger partial charge in [-0.05, 0) is 78.1 Å². The molecule has 3 rings (SSSR count). The number of carboxylic acids is 1. The largest absolute Gasteiger partial charge is 0.480 e. The summed E-state index contributed by atoms with van der Waals surface area (Å²) < 4.78 is 0. The van der Waals surface area contributed by atoms with Crippen LogP contribution in [-0.2, 0) is 62.3 Å². The summed E-state index contributed by atoms with van der Waals surface area (Å²) in [7, 11) is 0. The van der Waals surface area contributed by atoms with Crippen LogP contribution in [-0.4, -0.2) is 282 Å². The molecule has 0 aromatic carbocycles. The molecular formula is C53H90N16O20S. The van der Waals surface area contributed by atoms with Crippen molar-refractivity contribution < 1.29 is 98.1 Å². The van der Waals surface area contributed by atoms with Crippen LogP contribution in [0.15, 0.2) is 0 Å². The van der Waals surface area contributed by atoms with Gasteiger partial charge in [0.05, 0.1) is 50.7 Å². The van der Waals surface area contributed by atoms with Crippen molar-refractivity contribution in [1.29, 1.82) is 5.41 Å². The second-order valence-electron chi connectivity index (χ2n) is 22.3. The molecule has 0 aromatic rings. The zero-order valence-corrected chi connectivity index (χ0v) is 51.7. The molecule has 90 heavy (non-hydrogen) atoms. The molecule has 508 valence electrons. The smallest absolute Gasteiger partial charge is 0.328 e. The molecule has 0 spiro atoms. The maximum absolute atomic E-state index is 14.4. The van der Waals surface area contributed by atoms with Gasteiger partial charge in [-0.2, -0.15) is 12.6 Å². The van der Waals surface area contributed by atoms with E-state index >= 15 is 0 Å². The molecule has 3 fully saturated rings. The van der Waals surface area contributed by atoms with E-state index in [1.807, 2.05) is 0 Å². The number of amides is 12. The van der Waals surface area contributed by atoms with Gasteiger partial charge in [-0.3, -0.25) is 62.9 Å². The molecule has 0 aliphatic carbocycles. The van der Waals surface area contributed by atoms with Gasteiger partial charge >= 0.3 is 5.97 Å². The SMILES string of the molecule is CC[C@H](C)[C@H](NC(=O)[C@@H]1CCCN1C(=O)[C@@H](NC(=O)[C@H](CO)NC(=O)[C@H](CO)NC(=O)[C@@H](NC(=O)[C@@H](N)CS)[C@@H](C)O)[C@@H](C)O)C(=O)N1CCC[C@H]1C(=O)NCC(=O)N[C@@H](CO)C(=O)N[C@@H](CCCNC(=N)N)C(=O)N1CCC[C@H]1C(=O)N[C@H](C(=O)O)[C@@H](C)O. The maximum atomic E-state index is 14.4. The van der Waals surface area contributed by atoms with Crippen molar-refractivity contribution in [3.63, 3.8) is 0 Å². The molecule has 3 aliphatic heterocycles. The first-order valence-electron chi connectivity index (χ1n) is 29.5. The second kappa shape index (κ2) is 36.9. The van der Waals surface area contributed by atoms with Gasteiger partial charge in [0.25, 0.3) is 0 Å². The lowest BCUT2D eigenvalue weighted by Crippen LogP contribution is -2.63. The van der Waals surface area contributed by atoms with E-state index in [-0.39, 0.29) is 76.4 Å². The van der Waals surface area contributed by atoms with E-state index in [2.05, 4.69) is 65.8 Å². The van der Waals surface area contributed by atoms with Crippen LogP contribution in [0.1, 0.15) is 92.4 Å². The minimum absolute atomic E-state index is 0.0240. The molecule has 36 nitrogen and oxygen atoms in total. The molecule has 3 heterocycles. The monoisotopic (exact) mass is 1300 g/mol. The van der Waals surface area contributed by atoms with Crippen LogP contribution in [0.4, 0.5) is 0 Å². The fraction of sp³-hybridized carbons (Fsp3) is 0.736. The Labute approximate surface area is 524 Å². The lowest BCUT2D eigenvalue weighted by molar-refractivity contribution is -0.147. The Morgan fingerprint density at radius 3 is 1.39 bits per heavy atom. The first-order chi connectivity index (χ1) is 42.4. The standard InChI is InChI=1S/C53H90N16O20S/c1-6-24(2)37(63-46(82)35-14-10-18-69(35)51(87)39(26(4)74)65-44(80)32(22-72)61-43(79)31(21-71)62-48(84)38(25(3)73)64-41(77)28(54)23-90)50(86)68-17-8-12-33(68)45(81)58-19-36(76)59-30(20-70)42(78)60-29(11-7-15-57-53(55)56)49(85)67-16-9-13-34(67)47(83)66-40(27(5)75)52(88)89/h24-35,37-40,70-75,90H,6-23,54H2,1-5H3,(H,58,81)(H,59,76)(H,60,78)(H,61,79)(H,62,84)(H,63,82)(H,64,77)(H,65,80)(H,66,83)(H,88,89)(H4,55,56,57)/t24-,25+,26+,27+,28-,29-,30-,31-,32-,33-,34-,35-,37-,38-,39-,40-/m0/s1. The van der Waals surface area contributed by atoms with Gasteiger partial charge in [-0.1, -0.05) is 20.3 Å². The van der Waals surface area contributed by atoms with Gasteiger partial charge in [0, 0.05) is 31.9 Å². The Morgan fingerprint density at radius 2 is 0.944 bits per heavy atom. The molecule has 37 heteroatoms. The van der Waals surface area contributed by atoms with Gasteiger partial charge in [-0.25, -0.2) is 4.79 Å². The number of thiol groups is 1.